The van der Waals surface area contributed by atoms with Crippen molar-refractivity contribution in [3.63, 3.8) is 0 Å². The molecule has 2 rings (SSSR count). The van der Waals surface area contributed by atoms with Gasteiger partial charge >= 0.3 is 0 Å². The fourth-order valence-corrected chi connectivity index (χ4v) is 2.78. The largest absolute Gasteiger partial charge is 0.467 e. The van der Waals surface area contributed by atoms with Crippen molar-refractivity contribution < 1.29 is 17.6 Å². The number of aromatic nitrogens is 1. The molecule has 0 aromatic carbocycles. The van der Waals surface area contributed by atoms with Crippen LogP contribution >= 0.6 is 0 Å². The highest BCUT2D eigenvalue weighted by Crippen LogP contribution is 2.08. The van der Waals surface area contributed by atoms with E-state index in [0.717, 1.165) is 11.8 Å². The van der Waals surface area contributed by atoms with E-state index < -0.39 is 10.0 Å². The number of pyridine rings is 1. The quantitative estimate of drug-likeness (QED) is 0.780. The Morgan fingerprint density at radius 1 is 1.35 bits per heavy atom. The molecule has 2 heterocycles. The second-order valence-electron chi connectivity index (χ2n) is 5.06. The van der Waals surface area contributed by atoms with Gasteiger partial charge in [-0.1, -0.05) is 6.07 Å². The van der Waals surface area contributed by atoms with Crippen molar-refractivity contribution >= 4 is 15.9 Å². The summed E-state index contributed by atoms with van der Waals surface area (Å²) in [5, 5.41) is 2.69. The zero-order valence-corrected chi connectivity index (χ0v) is 13.6. The van der Waals surface area contributed by atoms with Crippen molar-refractivity contribution in [2.75, 3.05) is 12.8 Å². The Bertz CT molecular complexity index is 714. The van der Waals surface area contributed by atoms with Crippen LogP contribution < -0.4 is 5.32 Å². The SMILES string of the molecule is CS(=O)(=O)N(CCC(=O)NCc1ccco1)Cc1cccnc1. The third-order valence-corrected chi connectivity index (χ3v) is 4.43. The zero-order chi connectivity index (χ0) is 16.7. The molecule has 0 spiro atoms. The second kappa shape index (κ2) is 7.89. The number of furan rings is 1. The molecule has 0 saturated carbocycles. The lowest BCUT2D eigenvalue weighted by atomic mass is 10.3. The molecule has 2 aromatic heterocycles. The Morgan fingerprint density at radius 3 is 2.78 bits per heavy atom. The maximum Gasteiger partial charge on any atom is 0.221 e. The first-order valence-corrected chi connectivity index (χ1v) is 8.93. The predicted octanol–water partition coefficient (Wildman–Crippen LogP) is 1.14. The highest BCUT2D eigenvalue weighted by Gasteiger charge is 2.18. The first-order valence-electron chi connectivity index (χ1n) is 7.08. The molecule has 7 nitrogen and oxygen atoms in total. The molecule has 0 bridgehead atoms. The average molecular weight is 337 g/mol. The molecule has 0 atom stereocenters. The minimum atomic E-state index is -3.41. The summed E-state index contributed by atoms with van der Waals surface area (Å²) in [7, 11) is -3.41. The fourth-order valence-electron chi connectivity index (χ4n) is 1.97. The fraction of sp³-hybridized carbons (Fsp3) is 0.333. The van der Waals surface area contributed by atoms with E-state index in [2.05, 4.69) is 10.3 Å². The van der Waals surface area contributed by atoms with Gasteiger partial charge in [0.2, 0.25) is 15.9 Å². The lowest BCUT2D eigenvalue weighted by Gasteiger charge is -2.19. The Labute approximate surface area is 135 Å². The number of nitrogens with zero attached hydrogens (tertiary/aromatic N) is 2. The predicted molar refractivity (Wildman–Crippen MR) is 84.7 cm³/mol. The lowest BCUT2D eigenvalue weighted by molar-refractivity contribution is -0.121. The number of carbonyl (C=O) groups is 1. The van der Waals surface area contributed by atoms with Gasteiger partial charge in [-0.15, -0.1) is 0 Å². The number of rotatable bonds is 8. The molecule has 0 aliphatic heterocycles. The van der Waals surface area contributed by atoms with Gasteiger partial charge in [-0.2, -0.15) is 4.31 Å². The molecule has 8 heteroatoms. The van der Waals surface area contributed by atoms with E-state index in [4.69, 9.17) is 4.42 Å². The Morgan fingerprint density at radius 2 is 2.17 bits per heavy atom. The maximum absolute atomic E-state index is 11.9. The molecule has 1 amide bonds. The standard InChI is InChI=1S/C15H19N3O4S/c1-23(20,21)18(12-13-4-2-7-16-10-13)8-6-15(19)17-11-14-5-3-9-22-14/h2-5,7,9-10H,6,8,11-12H2,1H3,(H,17,19). The van der Waals surface area contributed by atoms with Crippen molar-refractivity contribution in [1.82, 2.24) is 14.6 Å². The molecule has 0 radical (unpaired) electrons. The second-order valence-corrected chi connectivity index (χ2v) is 7.05. The Hall–Kier alpha value is -2.19. The van der Waals surface area contributed by atoms with Gasteiger partial charge in [0.15, 0.2) is 0 Å². The number of nitrogens with one attached hydrogen (secondary N) is 1. The Kier molecular flexibility index (Phi) is 5.89. The van der Waals surface area contributed by atoms with Crippen LogP contribution in [-0.4, -0.2) is 36.4 Å². The normalized spacial score (nSPS) is 11.6. The van der Waals surface area contributed by atoms with E-state index in [1.807, 2.05) is 0 Å². The summed E-state index contributed by atoms with van der Waals surface area (Å²) in [6.07, 6.45) is 5.96. The summed E-state index contributed by atoms with van der Waals surface area (Å²) in [4.78, 5) is 15.8. The maximum atomic E-state index is 11.9. The Balaban J connectivity index is 1.87. The molecule has 0 unspecified atom stereocenters. The smallest absolute Gasteiger partial charge is 0.221 e. The van der Waals surface area contributed by atoms with Crippen molar-refractivity contribution in [3.8, 4) is 0 Å². The van der Waals surface area contributed by atoms with Crippen molar-refractivity contribution in [1.29, 1.82) is 0 Å². The molecule has 1 N–H and O–H groups in total. The molecule has 23 heavy (non-hydrogen) atoms. The van der Waals surface area contributed by atoms with E-state index in [1.54, 1.807) is 36.7 Å². The van der Waals surface area contributed by atoms with Crippen LogP contribution in [0.4, 0.5) is 0 Å². The first kappa shape index (κ1) is 17.2. The number of carbonyl (C=O) groups excluding carboxylic acids is 1. The van der Waals surface area contributed by atoms with Gasteiger partial charge in [0.1, 0.15) is 5.76 Å². The molecular formula is C15H19N3O4S. The highest BCUT2D eigenvalue weighted by molar-refractivity contribution is 7.88. The minimum Gasteiger partial charge on any atom is -0.467 e. The number of hydrogen-bond acceptors (Lipinski definition) is 5. The topological polar surface area (TPSA) is 92.5 Å². The van der Waals surface area contributed by atoms with E-state index >= 15 is 0 Å². The molecule has 0 fully saturated rings. The summed E-state index contributed by atoms with van der Waals surface area (Å²) in [5.41, 5.74) is 0.772. The highest BCUT2D eigenvalue weighted by atomic mass is 32.2. The molecule has 124 valence electrons. The van der Waals surface area contributed by atoms with E-state index in [0.29, 0.717) is 5.76 Å². The van der Waals surface area contributed by atoms with Gasteiger partial charge in [0.25, 0.3) is 0 Å². The number of amides is 1. The van der Waals surface area contributed by atoms with Gasteiger partial charge in [0, 0.05) is 31.9 Å². The van der Waals surface area contributed by atoms with Crippen LogP contribution in [0.1, 0.15) is 17.7 Å². The third-order valence-electron chi connectivity index (χ3n) is 3.18. The molecule has 0 saturated heterocycles. The summed E-state index contributed by atoms with van der Waals surface area (Å²) < 4.78 is 30.1. The summed E-state index contributed by atoms with van der Waals surface area (Å²) in [6.45, 7) is 0.586. The van der Waals surface area contributed by atoms with Gasteiger partial charge in [-0.05, 0) is 23.8 Å². The number of hydrogen-bond donors (Lipinski definition) is 1. The summed E-state index contributed by atoms with van der Waals surface area (Å²) in [6, 6.07) is 7.03. The van der Waals surface area contributed by atoms with Gasteiger partial charge in [-0.3, -0.25) is 9.78 Å². The van der Waals surface area contributed by atoms with Crippen LogP contribution in [0.25, 0.3) is 0 Å². The average Bonchev–Trinajstić information content (AvgIpc) is 3.02. The van der Waals surface area contributed by atoms with Crippen LogP contribution in [0.5, 0.6) is 0 Å². The number of sulfonamides is 1. The molecular weight excluding hydrogens is 318 g/mol. The zero-order valence-electron chi connectivity index (χ0n) is 12.8. The van der Waals surface area contributed by atoms with Gasteiger partial charge in [0.05, 0.1) is 19.1 Å². The monoisotopic (exact) mass is 337 g/mol. The van der Waals surface area contributed by atoms with Crippen LogP contribution in [0, 0.1) is 0 Å². The first-order chi connectivity index (χ1) is 10.9. The van der Waals surface area contributed by atoms with E-state index in [-0.39, 0.29) is 32.0 Å². The summed E-state index contributed by atoms with van der Waals surface area (Å²) in [5.74, 6) is 0.412. The minimum absolute atomic E-state index is 0.0774. The molecule has 0 aliphatic rings. The molecule has 2 aromatic rings. The van der Waals surface area contributed by atoms with Crippen molar-refractivity contribution in [3.05, 3.63) is 54.2 Å². The van der Waals surface area contributed by atoms with Gasteiger partial charge < -0.3 is 9.73 Å². The van der Waals surface area contributed by atoms with Crippen molar-refractivity contribution in [2.45, 2.75) is 19.5 Å². The van der Waals surface area contributed by atoms with Gasteiger partial charge in [-0.25, -0.2) is 8.42 Å². The van der Waals surface area contributed by atoms with Crippen molar-refractivity contribution in [2.24, 2.45) is 0 Å². The lowest BCUT2D eigenvalue weighted by Crippen LogP contribution is -2.34. The van der Waals surface area contributed by atoms with Crippen LogP contribution in [0.3, 0.4) is 0 Å². The van der Waals surface area contributed by atoms with E-state index in [9.17, 15) is 13.2 Å². The summed E-state index contributed by atoms with van der Waals surface area (Å²) >= 11 is 0. The molecule has 0 aliphatic carbocycles. The van der Waals surface area contributed by atoms with E-state index in [1.165, 1.54) is 10.6 Å². The third kappa shape index (κ3) is 5.84. The van der Waals surface area contributed by atoms with Crippen LogP contribution in [0.15, 0.2) is 47.3 Å². The van der Waals surface area contributed by atoms with Crippen LogP contribution in [-0.2, 0) is 27.9 Å². The van der Waals surface area contributed by atoms with Crippen LogP contribution in [0.2, 0.25) is 0 Å².